The third-order valence-electron chi connectivity index (χ3n) is 3.75. The van der Waals surface area contributed by atoms with Gasteiger partial charge in [0.05, 0.1) is 12.8 Å². The van der Waals surface area contributed by atoms with Crippen LogP contribution in [0, 0.1) is 11.7 Å². The lowest BCUT2D eigenvalue weighted by Gasteiger charge is -2.07. The quantitative estimate of drug-likeness (QED) is 0.833. The number of ether oxygens (including phenoxy) is 1. The number of thiazole rings is 1. The van der Waals surface area contributed by atoms with Gasteiger partial charge in [0, 0.05) is 17.4 Å². The minimum atomic E-state index is -0.354. The highest BCUT2D eigenvalue weighted by molar-refractivity contribution is 7.14. The third kappa shape index (κ3) is 3.76. The van der Waals surface area contributed by atoms with Crippen molar-refractivity contribution in [1.29, 1.82) is 0 Å². The van der Waals surface area contributed by atoms with Crippen molar-refractivity contribution in [3.05, 3.63) is 41.5 Å². The van der Waals surface area contributed by atoms with E-state index in [2.05, 4.69) is 22.5 Å². The Morgan fingerprint density at radius 1 is 1.52 bits per heavy atom. The zero-order valence-corrected chi connectivity index (χ0v) is 13.5. The molecule has 120 valence electrons. The van der Waals surface area contributed by atoms with Crippen LogP contribution in [0.5, 0.6) is 5.75 Å². The van der Waals surface area contributed by atoms with Gasteiger partial charge in [-0.25, -0.2) is 9.37 Å². The lowest BCUT2D eigenvalue weighted by atomic mass is 10.1. The highest BCUT2D eigenvalue weighted by atomic mass is 32.1. The van der Waals surface area contributed by atoms with Crippen molar-refractivity contribution >= 4 is 22.4 Å². The summed E-state index contributed by atoms with van der Waals surface area (Å²) >= 11 is 1.32. The number of rotatable bonds is 5. The zero-order chi connectivity index (χ0) is 16.2. The predicted molar refractivity (Wildman–Crippen MR) is 89.2 cm³/mol. The maximum absolute atomic E-state index is 13.5. The Morgan fingerprint density at radius 3 is 3.13 bits per heavy atom. The summed E-state index contributed by atoms with van der Waals surface area (Å²) in [5.74, 6) is 0.462. The van der Waals surface area contributed by atoms with Crippen molar-refractivity contribution in [3.63, 3.8) is 0 Å². The molecule has 1 atom stereocenters. The number of nitrogens with one attached hydrogen (secondary N) is 1. The van der Waals surface area contributed by atoms with Gasteiger partial charge in [0.2, 0.25) is 5.91 Å². The standard InChI is InChI=1S/C17H17FN2O2S/c1-22-15-7-6-12(18)9-13(15)14-10-23-17(19-14)20-16(21)8-11-4-2-3-5-11/h2,4,6-7,9-11H,3,5,8H2,1H3,(H,19,20,21)/t11-/m1/s1. The van der Waals surface area contributed by atoms with Crippen molar-refractivity contribution in [2.24, 2.45) is 5.92 Å². The number of hydrogen-bond donors (Lipinski definition) is 1. The molecule has 0 aliphatic heterocycles. The largest absolute Gasteiger partial charge is 0.496 e. The smallest absolute Gasteiger partial charge is 0.226 e. The summed E-state index contributed by atoms with van der Waals surface area (Å²) in [5, 5.41) is 5.10. The number of allylic oxidation sites excluding steroid dienone is 2. The number of anilines is 1. The summed E-state index contributed by atoms with van der Waals surface area (Å²) in [6.07, 6.45) is 6.73. The topological polar surface area (TPSA) is 51.2 Å². The van der Waals surface area contributed by atoms with E-state index in [1.54, 1.807) is 11.4 Å². The summed E-state index contributed by atoms with van der Waals surface area (Å²) in [4.78, 5) is 16.4. The van der Waals surface area contributed by atoms with E-state index in [1.165, 1.54) is 30.6 Å². The number of carbonyl (C=O) groups excluding carboxylic acids is 1. The molecule has 0 spiro atoms. The predicted octanol–water partition coefficient (Wildman–Crippen LogP) is 4.25. The van der Waals surface area contributed by atoms with Crippen LogP contribution >= 0.6 is 11.3 Å². The Balaban J connectivity index is 1.71. The van der Waals surface area contributed by atoms with Gasteiger partial charge in [0.1, 0.15) is 11.6 Å². The van der Waals surface area contributed by atoms with Gasteiger partial charge in [-0.05, 0) is 37.0 Å². The lowest BCUT2D eigenvalue weighted by Crippen LogP contribution is -2.14. The first kappa shape index (κ1) is 15.7. The van der Waals surface area contributed by atoms with Gasteiger partial charge in [-0.3, -0.25) is 4.79 Å². The number of halogens is 1. The average Bonchev–Trinajstić information content (AvgIpc) is 3.19. The molecule has 1 aromatic carbocycles. The van der Waals surface area contributed by atoms with Gasteiger partial charge in [-0.2, -0.15) is 0 Å². The Kier molecular flexibility index (Phi) is 4.71. The van der Waals surface area contributed by atoms with Crippen LogP contribution in [0.2, 0.25) is 0 Å². The highest BCUT2D eigenvalue weighted by Gasteiger charge is 2.16. The normalized spacial score (nSPS) is 16.5. The van der Waals surface area contributed by atoms with Gasteiger partial charge in [-0.1, -0.05) is 12.2 Å². The first-order valence-electron chi connectivity index (χ1n) is 7.41. The second kappa shape index (κ2) is 6.91. The SMILES string of the molecule is COc1ccc(F)cc1-c1csc(NC(=O)C[C@@H]2C=CCC2)n1. The molecule has 1 aromatic heterocycles. The Hall–Kier alpha value is -2.21. The summed E-state index contributed by atoms with van der Waals surface area (Å²) in [5.41, 5.74) is 1.16. The summed E-state index contributed by atoms with van der Waals surface area (Å²) in [6.45, 7) is 0. The molecule has 0 radical (unpaired) electrons. The van der Waals surface area contributed by atoms with Crippen LogP contribution in [-0.4, -0.2) is 18.0 Å². The number of aromatic nitrogens is 1. The molecule has 0 saturated heterocycles. The van der Waals surface area contributed by atoms with E-state index in [-0.39, 0.29) is 11.7 Å². The fourth-order valence-corrected chi connectivity index (χ4v) is 3.34. The summed E-state index contributed by atoms with van der Waals surface area (Å²) < 4.78 is 18.7. The van der Waals surface area contributed by atoms with Crippen molar-refractivity contribution in [2.45, 2.75) is 19.3 Å². The van der Waals surface area contributed by atoms with Gasteiger partial charge in [-0.15, -0.1) is 11.3 Å². The Bertz CT molecular complexity index is 742. The average molecular weight is 332 g/mol. The van der Waals surface area contributed by atoms with Gasteiger partial charge < -0.3 is 10.1 Å². The van der Waals surface area contributed by atoms with Crippen LogP contribution in [0.4, 0.5) is 9.52 Å². The van der Waals surface area contributed by atoms with E-state index in [0.29, 0.717) is 34.5 Å². The molecule has 1 aliphatic carbocycles. The van der Waals surface area contributed by atoms with Gasteiger partial charge in [0.25, 0.3) is 0 Å². The van der Waals surface area contributed by atoms with Crippen LogP contribution in [0.1, 0.15) is 19.3 Å². The number of carbonyl (C=O) groups is 1. The zero-order valence-electron chi connectivity index (χ0n) is 12.7. The van der Waals surface area contributed by atoms with E-state index in [4.69, 9.17) is 4.74 Å². The molecule has 1 amide bonds. The molecule has 2 aromatic rings. The number of nitrogens with zero attached hydrogens (tertiary/aromatic N) is 1. The molecule has 0 bridgehead atoms. The lowest BCUT2D eigenvalue weighted by molar-refractivity contribution is -0.116. The van der Waals surface area contributed by atoms with E-state index < -0.39 is 0 Å². The minimum Gasteiger partial charge on any atom is -0.496 e. The molecule has 6 heteroatoms. The van der Waals surface area contributed by atoms with Crippen molar-refractivity contribution in [1.82, 2.24) is 4.98 Å². The van der Waals surface area contributed by atoms with Crippen LogP contribution in [-0.2, 0) is 4.79 Å². The van der Waals surface area contributed by atoms with Crippen LogP contribution < -0.4 is 10.1 Å². The number of methoxy groups -OCH3 is 1. The van der Waals surface area contributed by atoms with Gasteiger partial charge >= 0.3 is 0 Å². The second-order valence-corrected chi connectivity index (χ2v) is 6.26. The summed E-state index contributed by atoms with van der Waals surface area (Å²) in [6, 6.07) is 4.28. The molecule has 0 fully saturated rings. The molecule has 0 unspecified atom stereocenters. The first-order chi connectivity index (χ1) is 11.2. The maximum atomic E-state index is 13.5. The molecule has 1 aliphatic rings. The molecule has 4 nitrogen and oxygen atoms in total. The molecule has 1 heterocycles. The third-order valence-corrected chi connectivity index (χ3v) is 4.51. The fourth-order valence-electron chi connectivity index (χ4n) is 2.61. The van der Waals surface area contributed by atoms with E-state index in [9.17, 15) is 9.18 Å². The van der Waals surface area contributed by atoms with Crippen molar-refractivity contribution in [2.75, 3.05) is 12.4 Å². The molecule has 23 heavy (non-hydrogen) atoms. The van der Waals surface area contributed by atoms with Gasteiger partial charge in [0.15, 0.2) is 5.13 Å². The maximum Gasteiger partial charge on any atom is 0.226 e. The second-order valence-electron chi connectivity index (χ2n) is 5.40. The van der Waals surface area contributed by atoms with E-state index in [0.717, 1.165) is 12.8 Å². The monoisotopic (exact) mass is 332 g/mol. The number of amides is 1. The number of benzene rings is 1. The van der Waals surface area contributed by atoms with Crippen molar-refractivity contribution in [3.8, 4) is 17.0 Å². The molecule has 1 N–H and O–H groups in total. The molecule has 3 rings (SSSR count). The molecule has 0 saturated carbocycles. The minimum absolute atomic E-state index is 0.0475. The van der Waals surface area contributed by atoms with E-state index in [1.807, 2.05) is 0 Å². The first-order valence-corrected chi connectivity index (χ1v) is 8.29. The Labute approximate surface area is 138 Å². The fraction of sp³-hybridized carbons (Fsp3) is 0.294. The molecular weight excluding hydrogens is 315 g/mol. The van der Waals surface area contributed by atoms with Crippen molar-refractivity contribution < 1.29 is 13.9 Å². The van der Waals surface area contributed by atoms with Crippen LogP contribution in [0.15, 0.2) is 35.7 Å². The van der Waals surface area contributed by atoms with Crippen LogP contribution in [0.25, 0.3) is 11.3 Å². The highest BCUT2D eigenvalue weighted by Crippen LogP contribution is 2.33. The van der Waals surface area contributed by atoms with E-state index >= 15 is 0 Å². The molecular formula is C17H17FN2O2S. The summed E-state index contributed by atoms with van der Waals surface area (Å²) in [7, 11) is 1.53. The van der Waals surface area contributed by atoms with Crippen LogP contribution in [0.3, 0.4) is 0 Å². The number of hydrogen-bond acceptors (Lipinski definition) is 4. The Morgan fingerprint density at radius 2 is 2.39 bits per heavy atom.